The van der Waals surface area contributed by atoms with Gasteiger partial charge in [0.15, 0.2) is 0 Å². The van der Waals surface area contributed by atoms with E-state index in [9.17, 15) is 14.4 Å². The van der Waals surface area contributed by atoms with Crippen molar-refractivity contribution in [2.75, 3.05) is 6.61 Å². The van der Waals surface area contributed by atoms with Crippen molar-refractivity contribution in [2.24, 2.45) is 0 Å². The van der Waals surface area contributed by atoms with Gasteiger partial charge in [-0.2, -0.15) is 0 Å². The summed E-state index contributed by atoms with van der Waals surface area (Å²) in [5.74, 6) is -0.354. The molecular weight excluding hydrogens is 212 g/mol. The van der Waals surface area contributed by atoms with Gasteiger partial charge in [0, 0.05) is 17.7 Å². The van der Waals surface area contributed by atoms with Gasteiger partial charge >= 0.3 is 11.7 Å². The second-order valence-electron chi connectivity index (χ2n) is 3.32. The van der Waals surface area contributed by atoms with Crippen LogP contribution in [0.1, 0.15) is 24.6 Å². The maximum atomic E-state index is 11.4. The van der Waals surface area contributed by atoms with Crippen molar-refractivity contribution in [2.45, 2.75) is 26.7 Å². The standard InChI is InChI=1S/C10H14N2O4/c1-3-16-8(13)5-4-7-6(2)11-10(15)12-9(7)14/h3-5H2,1-2H3,(H2,11,12,14,15). The Bertz CT molecular complexity index is 486. The van der Waals surface area contributed by atoms with Gasteiger partial charge in [-0.25, -0.2) is 4.79 Å². The molecule has 2 N–H and O–H groups in total. The first-order chi connectivity index (χ1) is 7.54. The SMILES string of the molecule is CCOC(=O)CCc1c(C)[nH]c(=O)[nH]c1=O. The number of ether oxygens (including phenoxy) is 1. The van der Waals surface area contributed by atoms with Crippen LogP contribution in [0, 0.1) is 6.92 Å². The smallest absolute Gasteiger partial charge is 0.325 e. The first kappa shape index (κ1) is 12.2. The summed E-state index contributed by atoms with van der Waals surface area (Å²) in [6.07, 6.45) is 0.389. The summed E-state index contributed by atoms with van der Waals surface area (Å²) in [7, 11) is 0. The Hall–Kier alpha value is -1.85. The van der Waals surface area contributed by atoms with Gasteiger partial charge in [-0.15, -0.1) is 0 Å². The summed E-state index contributed by atoms with van der Waals surface area (Å²) in [5, 5.41) is 0. The topological polar surface area (TPSA) is 92.0 Å². The van der Waals surface area contributed by atoms with Gasteiger partial charge in [0.05, 0.1) is 6.61 Å². The van der Waals surface area contributed by atoms with E-state index in [1.165, 1.54) is 0 Å². The van der Waals surface area contributed by atoms with Crippen LogP contribution in [0.2, 0.25) is 0 Å². The minimum atomic E-state index is -0.539. The van der Waals surface area contributed by atoms with E-state index in [0.717, 1.165) is 0 Å². The number of aromatic amines is 2. The number of hydrogen-bond acceptors (Lipinski definition) is 4. The Morgan fingerprint density at radius 1 is 1.31 bits per heavy atom. The zero-order valence-corrected chi connectivity index (χ0v) is 9.25. The van der Waals surface area contributed by atoms with E-state index in [4.69, 9.17) is 4.74 Å². The van der Waals surface area contributed by atoms with Crippen LogP contribution >= 0.6 is 0 Å². The lowest BCUT2D eigenvalue weighted by atomic mass is 10.1. The normalized spacial score (nSPS) is 10.1. The number of nitrogens with one attached hydrogen (secondary N) is 2. The summed E-state index contributed by atoms with van der Waals surface area (Å²) in [5.41, 5.74) is -0.0985. The number of aryl methyl sites for hydroxylation is 1. The van der Waals surface area contributed by atoms with Crippen molar-refractivity contribution in [3.05, 3.63) is 32.1 Å². The molecule has 0 aliphatic rings. The van der Waals surface area contributed by atoms with Gasteiger partial charge in [-0.05, 0) is 20.3 Å². The number of carbonyl (C=O) groups excluding carboxylic acids is 1. The first-order valence-corrected chi connectivity index (χ1v) is 5.02. The molecule has 6 heteroatoms. The van der Waals surface area contributed by atoms with Crippen LogP contribution in [0.4, 0.5) is 0 Å². The van der Waals surface area contributed by atoms with Crippen molar-refractivity contribution in [3.8, 4) is 0 Å². The fourth-order valence-corrected chi connectivity index (χ4v) is 1.39. The molecule has 6 nitrogen and oxygen atoms in total. The van der Waals surface area contributed by atoms with E-state index >= 15 is 0 Å². The third-order valence-corrected chi connectivity index (χ3v) is 2.14. The molecule has 0 spiro atoms. The molecule has 0 aliphatic carbocycles. The molecule has 0 saturated heterocycles. The number of hydrogen-bond donors (Lipinski definition) is 2. The summed E-state index contributed by atoms with van der Waals surface area (Å²) in [6, 6.07) is 0. The van der Waals surface area contributed by atoms with Crippen LogP contribution in [0.5, 0.6) is 0 Å². The summed E-state index contributed by atoms with van der Waals surface area (Å²) >= 11 is 0. The monoisotopic (exact) mass is 226 g/mol. The van der Waals surface area contributed by atoms with E-state index in [2.05, 4.69) is 9.97 Å². The number of H-pyrrole nitrogens is 2. The number of rotatable bonds is 4. The molecule has 0 aliphatic heterocycles. The second-order valence-corrected chi connectivity index (χ2v) is 3.32. The summed E-state index contributed by atoms with van der Waals surface area (Å²) in [4.78, 5) is 38.0. The average Bonchev–Trinajstić information content (AvgIpc) is 2.16. The highest BCUT2D eigenvalue weighted by Gasteiger charge is 2.09. The van der Waals surface area contributed by atoms with E-state index < -0.39 is 11.2 Å². The molecule has 0 radical (unpaired) electrons. The molecule has 0 fully saturated rings. The molecule has 0 atom stereocenters. The summed E-state index contributed by atoms with van der Waals surface area (Å²) < 4.78 is 4.74. The maximum Gasteiger partial charge on any atom is 0.325 e. The van der Waals surface area contributed by atoms with Crippen LogP contribution in [0.25, 0.3) is 0 Å². The molecule has 16 heavy (non-hydrogen) atoms. The molecule has 0 amide bonds. The predicted octanol–water partition coefficient (Wildman–Crippen LogP) is -0.133. The molecule has 1 aromatic heterocycles. The van der Waals surface area contributed by atoms with E-state index in [0.29, 0.717) is 17.9 Å². The van der Waals surface area contributed by atoms with E-state index in [-0.39, 0.29) is 18.8 Å². The Labute approximate surface area is 91.7 Å². The van der Waals surface area contributed by atoms with Crippen molar-refractivity contribution in [1.29, 1.82) is 0 Å². The number of carbonyl (C=O) groups is 1. The lowest BCUT2D eigenvalue weighted by Crippen LogP contribution is -2.27. The largest absolute Gasteiger partial charge is 0.466 e. The molecule has 1 aromatic rings. The molecule has 88 valence electrons. The van der Waals surface area contributed by atoms with Crippen LogP contribution < -0.4 is 11.2 Å². The predicted molar refractivity (Wildman–Crippen MR) is 57.4 cm³/mol. The van der Waals surface area contributed by atoms with Crippen molar-refractivity contribution >= 4 is 5.97 Å². The highest BCUT2D eigenvalue weighted by atomic mass is 16.5. The molecule has 1 rings (SSSR count). The fourth-order valence-electron chi connectivity index (χ4n) is 1.39. The van der Waals surface area contributed by atoms with Gasteiger partial charge in [0.1, 0.15) is 0 Å². The molecular formula is C10H14N2O4. The third-order valence-electron chi connectivity index (χ3n) is 2.14. The quantitative estimate of drug-likeness (QED) is 0.699. The Morgan fingerprint density at radius 3 is 2.56 bits per heavy atom. The van der Waals surface area contributed by atoms with E-state index in [1.54, 1.807) is 13.8 Å². The Kier molecular flexibility index (Phi) is 4.04. The molecule has 0 unspecified atom stereocenters. The first-order valence-electron chi connectivity index (χ1n) is 5.02. The van der Waals surface area contributed by atoms with Gasteiger partial charge in [0.25, 0.3) is 5.56 Å². The second kappa shape index (κ2) is 5.29. The minimum Gasteiger partial charge on any atom is -0.466 e. The van der Waals surface area contributed by atoms with Gasteiger partial charge in [-0.1, -0.05) is 0 Å². The fraction of sp³-hybridized carbons (Fsp3) is 0.500. The van der Waals surface area contributed by atoms with Gasteiger partial charge < -0.3 is 9.72 Å². The molecule has 0 saturated carbocycles. The molecule has 0 aromatic carbocycles. The van der Waals surface area contributed by atoms with Crippen LogP contribution in [-0.2, 0) is 16.0 Å². The van der Waals surface area contributed by atoms with Gasteiger partial charge in [0.2, 0.25) is 0 Å². The zero-order valence-electron chi connectivity index (χ0n) is 9.25. The van der Waals surface area contributed by atoms with Gasteiger partial charge in [-0.3, -0.25) is 14.6 Å². The molecule has 0 bridgehead atoms. The lowest BCUT2D eigenvalue weighted by molar-refractivity contribution is -0.143. The molecule has 1 heterocycles. The van der Waals surface area contributed by atoms with E-state index in [1.807, 2.05) is 0 Å². The van der Waals surface area contributed by atoms with Crippen LogP contribution in [0.15, 0.2) is 9.59 Å². The lowest BCUT2D eigenvalue weighted by Gasteiger charge is -2.03. The average molecular weight is 226 g/mol. The minimum absolute atomic E-state index is 0.129. The number of esters is 1. The highest BCUT2D eigenvalue weighted by Crippen LogP contribution is 2.00. The Balaban J connectivity index is 2.79. The van der Waals surface area contributed by atoms with Crippen LogP contribution in [-0.4, -0.2) is 22.5 Å². The number of aromatic nitrogens is 2. The van der Waals surface area contributed by atoms with Crippen molar-refractivity contribution in [1.82, 2.24) is 9.97 Å². The third kappa shape index (κ3) is 3.08. The van der Waals surface area contributed by atoms with Crippen molar-refractivity contribution in [3.63, 3.8) is 0 Å². The zero-order chi connectivity index (χ0) is 12.1. The summed E-state index contributed by atoms with van der Waals surface area (Å²) in [6.45, 7) is 3.66. The van der Waals surface area contributed by atoms with Crippen molar-refractivity contribution < 1.29 is 9.53 Å². The van der Waals surface area contributed by atoms with Crippen LogP contribution in [0.3, 0.4) is 0 Å². The highest BCUT2D eigenvalue weighted by molar-refractivity contribution is 5.69. The maximum absolute atomic E-state index is 11.4. The Morgan fingerprint density at radius 2 is 2.00 bits per heavy atom.